The summed E-state index contributed by atoms with van der Waals surface area (Å²) >= 11 is 1.61. The first-order valence-electron chi connectivity index (χ1n) is 8.56. The Morgan fingerprint density at radius 3 is 2.37 bits per heavy atom. The lowest BCUT2D eigenvalue weighted by Crippen LogP contribution is -3.08. The van der Waals surface area contributed by atoms with E-state index in [1.54, 1.807) is 33.1 Å². The molecule has 1 unspecified atom stereocenters. The van der Waals surface area contributed by atoms with E-state index in [1.807, 2.05) is 49.7 Å². The van der Waals surface area contributed by atoms with E-state index in [0.717, 1.165) is 21.0 Å². The van der Waals surface area contributed by atoms with Gasteiger partial charge < -0.3 is 24.4 Å². The Morgan fingerprint density at radius 1 is 1.04 bits per heavy atom. The van der Waals surface area contributed by atoms with Crippen LogP contribution in [0.15, 0.2) is 41.3 Å². The molecule has 2 N–H and O–H groups in total. The van der Waals surface area contributed by atoms with Gasteiger partial charge in [0.25, 0.3) is 5.91 Å². The van der Waals surface area contributed by atoms with Gasteiger partial charge in [0.15, 0.2) is 18.0 Å². The van der Waals surface area contributed by atoms with Gasteiger partial charge in [0.1, 0.15) is 6.54 Å². The number of para-hydroxylation sites is 1. The van der Waals surface area contributed by atoms with Crippen molar-refractivity contribution >= 4 is 23.4 Å². The van der Waals surface area contributed by atoms with Crippen LogP contribution in [0.4, 0.5) is 5.69 Å². The molecule has 0 spiro atoms. The predicted molar refractivity (Wildman–Crippen MR) is 108 cm³/mol. The number of amides is 1. The highest BCUT2D eigenvalue weighted by Gasteiger charge is 2.19. The molecule has 146 valence electrons. The molecule has 0 fully saturated rings. The number of likely N-dealkylation sites (N-methyl/N-ethyl adjacent to an activating group) is 1. The highest BCUT2D eigenvalue weighted by molar-refractivity contribution is 7.98. The third kappa shape index (κ3) is 5.30. The molecule has 0 aliphatic heterocycles. The second-order valence-corrected chi connectivity index (χ2v) is 6.90. The number of carbonyl (C=O) groups excluding carboxylic acids is 1. The normalized spacial score (nSPS) is 11.6. The van der Waals surface area contributed by atoms with E-state index in [2.05, 4.69) is 5.32 Å². The fourth-order valence-corrected chi connectivity index (χ4v) is 3.46. The smallest absolute Gasteiger partial charge is 0.279 e. The molecule has 1 amide bonds. The Kier molecular flexibility index (Phi) is 7.82. The van der Waals surface area contributed by atoms with Crippen molar-refractivity contribution in [3.8, 4) is 17.2 Å². The van der Waals surface area contributed by atoms with Crippen LogP contribution in [0.2, 0.25) is 0 Å². The van der Waals surface area contributed by atoms with Crippen LogP contribution < -0.4 is 24.4 Å². The van der Waals surface area contributed by atoms with Gasteiger partial charge in [-0.1, -0.05) is 12.1 Å². The molecule has 0 radical (unpaired) electrons. The molecule has 7 heteroatoms. The van der Waals surface area contributed by atoms with E-state index >= 15 is 0 Å². The van der Waals surface area contributed by atoms with Crippen molar-refractivity contribution in [2.24, 2.45) is 0 Å². The molecule has 0 aromatic heterocycles. The van der Waals surface area contributed by atoms with Crippen LogP contribution >= 0.6 is 11.8 Å². The standard InChI is InChI=1S/C20H26N2O4S/c1-22(13-18(23)21-15-8-6-7-9-17(15)27-5)12-14-10-11-16(24-2)20(26-4)19(14)25-3/h6-11H,12-13H2,1-5H3,(H,21,23)/p+1. The second kappa shape index (κ2) is 10.1. The van der Waals surface area contributed by atoms with Gasteiger partial charge in [0, 0.05) is 4.90 Å². The number of hydrogen-bond donors (Lipinski definition) is 2. The number of rotatable bonds is 9. The van der Waals surface area contributed by atoms with Crippen LogP contribution in [-0.2, 0) is 11.3 Å². The molecule has 2 aromatic rings. The molecule has 0 saturated heterocycles. The first-order valence-corrected chi connectivity index (χ1v) is 9.78. The zero-order valence-electron chi connectivity index (χ0n) is 16.4. The summed E-state index contributed by atoms with van der Waals surface area (Å²) in [5, 5.41) is 2.99. The summed E-state index contributed by atoms with van der Waals surface area (Å²) in [6.45, 7) is 0.946. The van der Waals surface area contributed by atoms with Gasteiger partial charge in [-0.2, -0.15) is 0 Å². The maximum Gasteiger partial charge on any atom is 0.279 e. The quantitative estimate of drug-likeness (QED) is 0.641. The number of methoxy groups -OCH3 is 3. The molecule has 0 saturated carbocycles. The van der Waals surface area contributed by atoms with Gasteiger partial charge in [-0.15, -0.1) is 11.8 Å². The predicted octanol–water partition coefficient (Wildman–Crippen LogP) is 2.09. The summed E-state index contributed by atoms with van der Waals surface area (Å²) in [7, 11) is 6.74. The number of anilines is 1. The third-order valence-electron chi connectivity index (χ3n) is 4.12. The number of nitrogens with one attached hydrogen (secondary N) is 2. The molecule has 0 aliphatic rings. The van der Waals surface area contributed by atoms with Crippen molar-refractivity contribution in [3.63, 3.8) is 0 Å². The number of carbonyl (C=O) groups is 1. The average molecular weight is 392 g/mol. The minimum Gasteiger partial charge on any atom is -0.493 e. The first-order chi connectivity index (χ1) is 13.0. The first kappa shape index (κ1) is 20.9. The summed E-state index contributed by atoms with van der Waals surface area (Å²) in [5.74, 6) is 1.77. The molecule has 0 bridgehead atoms. The Balaban J connectivity index is 2.07. The SMILES string of the molecule is COc1ccc(C[NH+](C)CC(=O)Nc2ccccc2SC)c(OC)c1OC. The summed E-state index contributed by atoms with van der Waals surface area (Å²) in [5.41, 5.74) is 1.79. The maximum absolute atomic E-state index is 12.4. The Labute approximate surface area is 164 Å². The highest BCUT2D eigenvalue weighted by atomic mass is 32.2. The van der Waals surface area contributed by atoms with Crippen molar-refractivity contribution in [2.45, 2.75) is 11.4 Å². The molecule has 6 nitrogen and oxygen atoms in total. The van der Waals surface area contributed by atoms with Crippen molar-refractivity contribution in [3.05, 3.63) is 42.0 Å². The zero-order valence-corrected chi connectivity index (χ0v) is 17.2. The summed E-state index contributed by atoms with van der Waals surface area (Å²) in [6.07, 6.45) is 1.99. The monoisotopic (exact) mass is 391 g/mol. The number of benzene rings is 2. The van der Waals surface area contributed by atoms with E-state index in [-0.39, 0.29) is 5.91 Å². The third-order valence-corrected chi connectivity index (χ3v) is 4.92. The van der Waals surface area contributed by atoms with Crippen LogP contribution in [0, 0.1) is 0 Å². The van der Waals surface area contributed by atoms with Crippen LogP contribution in [0.5, 0.6) is 17.2 Å². The molecular formula is C20H27N2O4S+. The van der Waals surface area contributed by atoms with Crippen LogP contribution in [0.3, 0.4) is 0 Å². The van der Waals surface area contributed by atoms with Gasteiger partial charge >= 0.3 is 0 Å². The lowest BCUT2D eigenvalue weighted by molar-refractivity contribution is -0.885. The molecular weight excluding hydrogens is 364 g/mol. The Hall–Kier alpha value is -2.38. The van der Waals surface area contributed by atoms with E-state index in [4.69, 9.17) is 14.2 Å². The van der Waals surface area contributed by atoms with Crippen molar-refractivity contribution < 1.29 is 23.9 Å². The summed E-state index contributed by atoms with van der Waals surface area (Å²) in [6, 6.07) is 11.6. The largest absolute Gasteiger partial charge is 0.493 e. The highest BCUT2D eigenvalue weighted by Crippen LogP contribution is 2.39. The number of ether oxygens (including phenoxy) is 3. The van der Waals surface area contributed by atoms with E-state index in [0.29, 0.717) is 30.3 Å². The molecule has 1 atom stereocenters. The van der Waals surface area contributed by atoms with Gasteiger partial charge in [0.2, 0.25) is 5.75 Å². The minimum atomic E-state index is -0.0338. The lowest BCUT2D eigenvalue weighted by atomic mass is 10.1. The van der Waals surface area contributed by atoms with Gasteiger partial charge in [-0.3, -0.25) is 4.79 Å². The Morgan fingerprint density at radius 2 is 1.74 bits per heavy atom. The number of thioether (sulfide) groups is 1. The van der Waals surface area contributed by atoms with Crippen molar-refractivity contribution in [1.29, 1.82) is 0 Å². The second-order valence-electron chi connectivity index (χ2n) is 6.05. The van der Waals surface area contributed by atoms with Gasteiger partial charge in [0.05, 0.1) is 39.6 Å². The summed E-state index contributed by atoms with van der Waals surface area (Å²) in [4.78, 5) is 14.5. The minimum absolute atomic E-state index is 0.0338. The Bertz CT molecular complexity index is 783. The van der Waals surface area contributed by atoms with Crippen LogP contribution in [0.25, 0.3) is 0 Å². The molecule has 2 rings (SSSR count). The van der Waals surface area contributed by atoms with Gasteiger partial charge in [-0.05, 0) is 30.5 Å². The molecule has 0 heterocycles. The van der Waals surface area contributed by atoms with Gasteiger partial charge in [-0.25, -0.2) is 0 Å². The lowest BCUT2D eigenvalue weighted by Gasteiger charge is -2.19. The van der Waals surface area contributed by atoms with E-state index < -0.39 is 0 Å². The zero-order chi connectivity index (χ0) is 19.8. The molecule has 2 aromatic carbocycles. The molecule has 0 aliphatic carbocycles. The van der Waals surface area contributed by atoms with E-state index in [9.17, 15) is 4.79 Å². The van der Waals surface area contributed by atoms with Crippen LogP contribution in [0.1, 0.15) is 5.56 Å². The molecule has 27 heavy (non-hydrogen) atoms. The number of quaternary nitrogens is 1. The van der Waals surface area contributed by atoms with Crippen LogP contribution in [-0.4, -0.2) is 47.1 Å². The fraction of sp³-hybridized carbons (Fsp3) is 0.350. The van der Waals surface area contributed by atoms with Crippen molar-refractivity contribution in [1.82, 2.24) is 0 Å². The van der Waals surface area contributed by atoms with E-state index in [1.165, 1.54) is 0 Å². The average Bonchev–Trinajstić information content (AvgIpc) is 2.67. The maximum atomic E-state index is 12.4. The van der Waals surface area contributed by atoms with Crippen molar-refractivity contribution in [2.75, 3.05) is 46.5 Å². The summed E-state index contributed by atoms with van der Waals surface area (Å²) < 4.78 is 16.3. The number of hydrogen-bond acceptors (Lipinski definition) is 5. The fourth-order valence-electron chi connectivity index (χ4n) is 2.91. The topological polar surface area (TPSA) is 61.2 Å².